The molecule has 0 radical (unpaired) electrons. The van der Waals surface area contributed by atoms with Gasteiger partial charge in [0.05, 0.1) is 113 Å². The molecule has 0 atom stereocenters. The van der Waals surface area contributed by atoms with Crippen molar-refractivity contribution in [2.45, 2.75) is 65.2 Å². The van der Waals surface area contributed by atoms with Gasteiger partial charge in [-0.3, -0.25) is 67.1 Å². The van der Waals surface area contributed by atoms with E-state index in [-0.39, 0.29) is 109 Å². The van der Waals surface area contributed by atoms with Crippen LogP contribution in [0.25, 0.3) is 11.3 Å². The number of carbonyl (C=O) groups excluding carboxylic acids is 11. The summed E-state index contributed by atoms with van der Waals surface area (Å²) in [4.78, 5) is 170. The lowest BCUT2D eigenvalue weighted by atomic mass is 9.96. The zero-order valence-corrected chi connectivity index (χ0v) is 82.2. The number of esters is 1. The summed E-state index contributed by atoms with van der Waals surface area (Å²) in [5, 5.41) is 32.3. The van der Waals surface area contributed by atoms with Crippen LogP contribution < -0.4 is 69.5 Å². The van der Waals surface area contributed by atoms with Gasteiger partial charge in [0.1, 0.15) is 12.0 Å². The van der Waals surface area contributed by atoms with Crippen LogP contribution in [0.1, 0.15) is 144 Å². The Morgan fingerprint density at radius 2 is 0.645 bits per heavy atom. The number of amides is 6. The molecule has 0 aliphatic carbocycles. The number of benzene rings is 8. The van der Waals surface area contributed by atoms with Crippen molar-refractivity contribution in [3.8, 4) is 68.8 Å². The summed E-state index contributed by atoms with van der Waals surface area (Å²) in [6, 6.07) is 51.9. The zero-order valence-electron chi connectivity index (χ0n) is 79.1. The normalized spacial score (nSPS) is 12.3. The highest BCUT2D eigenvalue weighted by Gasteiger charge is 2.32. The molecular formula is C99H118Br2N8O29. The van der Waals surface area contributed by atoms with E-state index in [2.05, 4.69) is 52.8 Å². The van der Waals surface area contributed by atoms with Crippen molar-refractivity contribution in [1.82, 2.24) is 41.8 Å². The molecule has 3 aliphatic heterocycles. The zero-order chi connectivity index (χ0) is 101. The smallest absolute Gasteiger partial charge is 0.309 e. The number of nitrogens with one attached hydrogen (secondary N) is 3. The van der Waals surface area contributed by atoms with Crippen LogP contribution in [0.5, 0.6) is 57.5 Å². The number of nitrogens with zero attached hydrogens (tertiary/aromatic N) is 4. The lowest BCUT2D eigenvalue weighted by Crippen LogP contribution is -2.45. The standard InChI is InChI=1S/C25H27N3O5.C25H28N2O7.C15H18N2O4.2C10H11BrO3.C10H12O3.2C2H4O2.H3N/c1-31-21-9-8-19(14-22(21)32-2)20-16-33-25(27-20)18-10-12-28(13-11-18)23(29)15-26-24(30)17-6-4-3-5-7-17;1-32-21-9-8-19(14-22(21)33-2)20(28)16-34-25(31)18-10-12-27(13-11-18)23(29)15-26-24(30)17-6-4-3-5-7-17;18-13(17-8-6-12(7-9-17)15(20)21)10-16-14(19)11-4-2-1-3-5-11;2*1-13-9-4-3-7(8(12)6-11)5-10(9)14-2;1-7(11)8-4-5-9(12-2)10(6-8)13-3;2*1-2(3)4;/h3-9,14,16,18H,10-13,15H2,1-2H3,(H,26,30);3-9,14,18H,10-13,15-16H2,1-2H3,(H,26,30);1-5,12H,6-10H2,(H,16,19)(H,20,21);2*3-5H,6H2,1-2H3;4-6H,1-3H3;2*1H3,(H,3,4);1H3. The van der Waals surface area contributed by atoms with Crippen LogP contribution in [0.3, 0.4) is 0 Å². The minimum absolute atomic E-state index is 0. The molecule has 1 aromatic heterocycles. The number of rotatable bonds is 31. The highest BCUT2D eigenvalue weighted by Crippen LogP contribution is 2.36. The summed E-state index contributed by atoms with van der Waals surface area (Å²) >= 11 is 6.22. The Kier molecular flexibility index (Phi) is 51.9. The number of carboxylic acid groups (broad SMARTS) is 3. The van der Waals surface area contributed by atoms with Gasteiger partial charge in [0, 0.05) is 104 Å². The van der Waals surface area contributed by atoms with Gasteiger partial charge in [-0.1, -0.05) is 86.5 Å². The molecule has 0 saturated carbocycles. The number of aliphatic carboxylic acids is 3. The van der Waals surface area contributed by atoms with E-state index >= 15 is 0 Å². The number of aromatic nitrogens is 1. The van der Waals surface area contributed by atoms with Gasteiger partial charge in [0.2, 0.25) is 17.7 Å². The molecule has 0 unspecified atom stereocenters. The second kappa shape index (κ2) is 62.0. The van der Waals surface area contributed by atoms with Crippen molar-refractivity contribution in [3.05, 3.63) is 233 Å². The molecule has 742 valence electrons. The fraction of sp³-hybridized carbons (Fsp3) is 0.343. The van der Waals surface area contributed by atoms with E-state index in [4.69, 9.17) is 81.4 Å². The van der Waals surface area contributed by atoms with Crippen LogP contribution in [0.4, 0.5) is 0 Å². The van der Waals surface area contributed by atoms with Gasteiger partial charge in [-0.25, -0.2) is 4.98 Å². The summed E-state index contributed by atoms with van der Waals surface area (Å²) in [6.07, 6.45) is 4.95. The number of carboxylic acids is 3. The van der Waals surface area contributed by atoms with E-state index in [1.54, 1.807) is 217 Å². The quantitative estimate of drug-likeness (QED) is 0.0120. The van der Waals surface area contributed by atoms with Gasteiger partial charge in [0.25, 0.3) is 29.7 Å². The molecule has 0 bridgehead atoms. The fourth-order valence-electron chi connectivity index (χ4n) is 13.2. The number of likely N-dealkylation sites (tertiary alicyclic amines) is 3. The Bertz CT molecular complexity index is 5380. The minimum Gasteiger partial charge on any atom is -0.493 e. The Labute approximate surface area is 816 Å². The third-order valence-electron chi connectivity index (χ3n) is 20.6. The van der Waals surface area contributed by atoms with Crippen molar-refractivity contribution in [1.29, 1.82) is 0 Å². The van der Waals surface area contributed by atoms with Gasteiger partial charge in [0.15, 0.2) is 93.1 Å². The highest BCUT2D eigenvalue weighted by atomic mass is 79.9. The molecular weight excluding hydrogens is 1920 g/mol. The van der Waals surface area contributed by atoms with E-state index < -0.39 is 23.9 Å². The number of methoxy groups -OCH3 is 10. The van der Waals surface area contributed by atoms with E-state index in [0.29, 0.717) is 178 Å². The first-order valence-electron chi connectivity index (χ1n) is 42.6. The predicted molar refractivity (Wildman–Crippen MR) is 518 cm³/mol. The fourth-order valence-corrected chi connectivity index (χ4v) is 13.8. The average molecular weight is 2040 g/mol. The third kappa shape index (κ3) is 38.6. The van der Waals surface area contributed by atoms with E-state index in [0.717, 1.165) is 37.9 Å². The maximum absolute atomic E-state index is 12.5. The molecule has 138 heavy (non-hydrogen) atoms. The van der Waals surface area contributed by atoms with Crippen LogP contribution in [0, 0.1) is 11.8 Å². The van der Waals surface area contributed by atoms with Gasteiger partial charge >= 0.3 is 11.9 Å². The van der Waals surface area contributed by atoms with E-state index in [1.165, 1.54) is 27.2 Å². The Morgan fingerprint density at radius 1 is 0.362 bits per heavy atom. The number of piperidine rings is 3. The van der Waals surface area contributed by atoms with Crippen LogP contribution in [0.2, 0.25) is 0 Å². The van der Waals surface area contributed by atoms with Crippen molar-refractivity contribution < 1.29 is 139 Å². The first kappa shape index (κ1) is 116. The summed E-state index contributed by atoms with van der Waals surface area (Å²) in [5.41, 5.74) is 5.34. The maximum Gasteiger partial charge on any atom is 0.309 e. The van der Waals surface area contributed by atoms with Crippen molar-refractivity contribution in [3.63, 3.8) is 0 Å². The van der Waals surface area contributed by atoms with Crippen molar-refractivity contribution in [2.24, 2.45) is 11.8 Å². The van der Waals surface area contributed by atoms with E-state index in [1.807, 2.05) is 36.4 Å². The molecule has 0 spiro atoms. The highest BCUT2D eigenvalue weighted by molar-refractivity contribution is 9.09. The van der Waals surface area contributed by atoms with Gasteiger partial charge in [-0.15, -0.1) is 0 Å². The van der Waals surface area contributed by atoms with Gasteiger partial charge in [-0.2, -0.15) is 0 Å². The molecule has 39 heteroatoms. The first-order valence-corrected chi connectivity index (χ1v) is 44.8. The Balaban J connectivity index is 0.000000353. The summed E-state index contributed by atoms with van der Waals surface area (Å²) in [6.45, 7) is 5.92. The van der Waals surface area contributed by atoms with Crippen LogP contribution in [-0.2, 0) is 38.3 Å². The number of Topliss-reactive ketones (excluding diaryl/α,β-unsaturated/α-hetero) is 4. The summed E-state index contributed by atoms with van der Waals surface area (Å²) in [7, 11) is 15.5. The molecule has 8 aromatic carbocycles. The maximum atomic E-state index is 12.5. The third-order valence-corrected chi connectivity index (χ3v) is 21.6. The molecule has 6 amide bonds. The van der Waals surface area contributed by atoms with Crippen LogP contribution in [0.15, 0.2) is 193 Å². The number of halogens is 2. The Hall–Kier alpha value is -14.7. The van der Waals surface area contributed by atoms with Crippen LogP contribution >= 0.6 is 31.9 Å². The SMILES string of the molecule is CC(=O)O.CC(=O)O.COc1ccc(-c2coc(C3CCN(C(=O)CNC(=O)c4ccccc4)CC3)n2)cc1OC.COc1ccc(C(=O)CBr)cc1OC.COc1ccc(C(=O)CBr)cc1OC.COc1ccc(C(=O)COC(=O)C2CCN(C(=O)CNC(=O)c3ccccc3)CC2)cc1OC.COc1ccc(C(C)=O)cc1OC.N.O=C(NCC(=O)N1CCC(C(=O)O)CC1)c1ccccc1. The largest absolute Gasteiger partial charge is 0.493 e. The molecule has 9 aromatic rings. The number of carbonyl (C=O) groups is 14. The monoisotopic (exact) mass is 2040 g/mol. The average Bonchev–Trinajstić information content (AvgIpc) is 1.66. The molecule has 3 fully saturated rings. The first-order chi connectivity index (χ1) is 65.7. The molecule has 12 rings (SSSR count). The number of ether oxygens (including phenoxy) is 11. The predicted octanol–water partition coefficient (Wildman–Crippen LogP) is 13.1. The number of alkyl halides is 2. The molecule has 3 aliphatic rings. The topological polar surface area (TPSA) is 508 Å². The second-order valence-electron chi connectivity index (χ2n) is 29.6. The number of oxazole rings is 1. The lowest BCUT2D eigenvalue weighted by Gasteiger charge is -2.31. The van der Waals surface area contributed by atoms with E-state index in [9.17, 15) is 57.5 Å². The summed E-state index contributed by atoms with van der Waals surface area (Å²) in [5.74, 6) is 1.29. The van der Waals surface area contributed by atoms with Crippen LogP contribution in [-0.4, -0.2) is 265 Å². The summed E-state index contributed by atoms with van der Waals surface area (Å²) < 4.78 is 62.3. The lowest BCUT2D eigenvalue weighted by molar-refractivity contribution is -0.150. The second-order valence-corrected chi connectivity index (χ2v) is 30.7. The number of ketones is 4. The van der Waals surface area contributed by atoms with Crippen molar-refractivity contribution in [2.75, 3.05) is 147 Å². The van der Waals surface area contributed by atoms with Gasteiger partial charge < -0.3 is 109 Å². The molecule has 9 N–H and O–H groups in total. The Morgan fingerprint density at radius 3 is 0.949 bits per heavy atom. The minimum atomic E-state index is -0.833. The number of hydrogen-bond acceptors (Lipinski definition) is 28. The molecule has 37 nitrogen and oxygen atoms in total. The number of hydrogen-bond donors (Lipinski definition) is 7. The molecule has 4 heterocycles. The van der Waals surface area contributed by atoms with Gasteiger partial charge in [-0.05, 0) is 173 Å². The molecule has 3 saturated heterocycles. The van der Waals surface area contributed by atoms with Crippen molar-refractivity contribution >= 4 is 114 Å².